The number of hydrogen-bond donors (Lipinski definition) is 0. The molecule has 4 rings (SSSR count). The Labute approximate surface area is 180 Å². The van der Waals surface area contributed by atoms with Crippen LogP contribution in [0.2, 0.25) is 5.02 Å². The fourth-order valence-corrected chi connectivity index (χ4v) is 5.08. The molecule has 0 aliphatic carbocycles. The number of anilines is 2. The van der Waals surface area contributed by atoms with Gasteiger partial charge in [-0.25, -0.2) is 12.8 Å². The first kappa shape index (κ1) is 19.8. The fraction of sp³-hybridized carbons (Fsp3) is 0. The van der Waals surface area contributed by atoms with Crippen LogP contribution in [0.15, 0.2) is 87.2 Å². The first-order valence-corrected chi connectivity index (χ1v) is 11.0. The Bertz CT molecular complexity index is 1270. The Morgan fingerprint density at radius 1 is 1.00 bits per heavy atom. The minimum atomic E-state index is -4.15. The number of carbonyl (C=O) groups excluding carboxylic acids is 1. The van der Waals surface area contributed by atoms with E-state index in [2.05, 4.69) is 15.9 Å². The van der Waals surface area contributed by atoms with Gasteiger partial charge in [0.05, 0.1) is 10.6 Å². The van der Waals surface area contributed by atoms with Crippen molar-refractivity contribution in [3.63, 3.8) is 0 Å². The van der Waals surface area contributed by atoms with Gasteiger partial charge in [0.25, 0.3) is 0 Å². The molecule has 0 bridgehead atoms. The molecule has 0 radical (unpaired) electrons. The van der Waals surface area contributed by atoms with E-state index in [1.165, 1.54) is 41.4 Å². The van der Waals surface area contributed by atoms with Gasteiger partial charge in [0.1, 0.15) is 10.7 Å². The third-order valence-electron chi connectivity index (χ3n) is 4.42. The zero-order valence-corrected chi connectivity index (χ0v) is 17.8. The third-order valence-corrected chi connectivity index (χ3v) is 6.96. The van der Waals surface area contributed by atoms with Crippen molar-refractivity contribution in [2.45, 2.75) is 4.90 Å². The second-order valence-corrected chi connectivity index (χ2v) is 9.53. The third kappa shape index (κ3) is 3.61. The summed E-state index contributed by atoms with van der Waals surface area (Å²) in [6, 6.07) is 16.4. The minimum absolute atomic E-state index is 0.135. The molecular weight excluding hydrogens is 481 g/mol. The maximum Gasteiger partial charge on any atom is 0.214 e. The molecular formula is C21H12BrClFNO3S. The molecule has 146 valence electrons. The Balaban J connectivity index is 1.94. The highest BCUT2D eigenvalue weighted by atomic mass is 79.9. The van der Waals surface area contributed by atoms with Gasteiger partial charge < -0.3 is 4.90 Å². The number of allylic oxidation sites excluding steroid dienone is 1. The summed E-state index contributed by atoms with van der Waals surface area (Å²) in [7, 11) is -4.15. The Hall–Kier alpha value is -2.48. The second kappa shape index (κ2) is 7.40. The van der Waals surface area contributed by atoms with Gasteiger partial charge in [-0.05, 0) is 60.7 Å². The average molecular weight is 493 g/mol. The topological polar surface area (TPSA) is 54.5 Å². The zero-order chi connectivity index (χ0) is 20.8. The van der Waals surface area contributed by atoms with Crippen LogP contribution in [-0.2, 0) is 9.84 Å². The van der Waals surface area contributed by atoms with Crippen LogP contribution in [0.3, 0.4) is 0 Å². The normalized spacial score (nSPS) is 14.9. The quantitative estimate of drug-likeness (QED) is 0.338. The van der Waals surface area contributed by atoms with E-state index in [1.54, 1.807) is 24.3 Å². The molecule has 0 saturated carbocycles. The number of halogens is 3. The van der Waals surface area contributed by atoms with E-state index in [-0.39, 0.29) is 16.1 Å². The molecule has 1 aliphatic rings. The monoisotopic (exact) mass is 491 g/mol. The van der Waals surface area contributed by atoms with Gasteiger partial charge in [-0.15, -0.1) is 0 Å². The van der Waals surface area contributed by atoms with Gasteiger partial charge in [0.15, 0.2) is 0 Å². The smallest absolute Gasteiger partial charge is 0.214 e. The minimum Gasteiger partial charge on any atom is -0.314 e. The summed E-state index contributed by atoms with van der Waals surface area (Å²) in [6.45, 7) is 0. The highest BCUT2D eigenvalue weighted by molar-refractivity contribution is 9.10. The van der Waals surface area contributed by atoms with Gasteiger partial charge in [0.2, 0.25) is 15.6 Å². The summed E-state index contributed by atoms with van der Waals surface area (Å²) >= 11 is 9.24. The van der Waals surface area contributed by atoms with Crippen molar-refractivity contribution in [2.75, 3.05) is 4.90 Å². The molecule has 0 unspecified atom stereocenters. The lowest BCUT2D eigenvalue weighted by atomic mass is 10.1. The van der Waals surface area contributed by atoms with Crippen molar-refractivity contribution in [1.82, 2.24) is 0 Å². The SMILES string of the molecule is O=C(C1=CN(c2cccc(Br)c2)c2cc(F)ccc2S1(=O)=O)c1ccc(Cl)cc1. The van der Waals surface area contributed by atoms with E-state index in [9.17, 15) is 17.6 Å². The van der Waals surface area contributed by atoms with Crippen LogP contribution < -0.4 is 4.90 Å². The molecule has 0 aromatic heterocycles. The van der Waals surface area contributed by atoms with E-state index >= 15 is 0 Å². The van der Waals surface area contributed by atoms with Gasteiger partial charge in [-0.1, -0.05) is 33.6 Å². The number of sulfone groups is 1. The molecule has 29 heavy (non-hydrogen) atoms. The summed E-state index contributed by atoms with van der Waals surface area (Å²) in [6.07, 6.45) is 1.23. The zero-order valence-electron chi connectivity index (χ0n) is 14.6. The molecule has 0 N–H and O–H groups in total. The fourth-order valence-electron chi connectivity index (χ4n) is 3.04. The van der Waals surface area contributed by atoms with Crippen molar-refractivity contribution in [3.8, 4) is 0 Å². The molecule has 1 heterocycles. The van der Waals surface area contributed by atoms with Crippen LogP contribution in [0, 0.1) is 5.82 Å². The largest absolute Gasteiger partial charge is 0.314 e. The number of benzene rings is 3. The first-order chi connectivity index (χ1) is 13.8. The molecule has 8 heteroatoms. The van der Waals surface area contributed by atoms with Crippen LogP contribution in [0.5, 0.6) is 0 Å². The molecule has 1 aliphatic heterocycles. The lowest BCUT2D eigenvalue weighted by Crippen LogP contribution is -2.26. The van der Waals surface area contributed by atoms with E-state index in [1.807, 2.05) is 0 Å². The molecule has 0 amide bonds. The molecule has 0 atom stereocenters. The van der Waals surface area contributed by atoms with Crippen LogP contribution in [-0.4, -0.2) is 14.2 Å². The maximum absolute atomic E-state index is 13.9. The predicted octanol–water partition coefficient (Wildman–Crippen LogP) is 5.89. The van der Waals surface area contributed by atoms with Gasteiger partial charge in [-0.2, -0.15) is 0 Å². The number of ketones is 1. The highest BCUT2D eigenvalue weighted by Crippen LogP contribution is 2.41. The van der Waals surface area contributed by atoms with E-state index in [0.29, 0.717) is 10.7 Å². The molecule has 0 saturated heterocycles. The molecule has 3 aromatic rings. The van der Waals surface area contributed by atoms with E-state index in [0.717, 1.165) is 16.6 Å². The van der Waals surface area contributed by atoms with Crippen molar-refractivity contribution in [1.29, 1.82) is 0 Å². The van der Waals surface area contributed by atoms with Gasteiger partial charge in [0, 0.05) is 26.9 Å². The van der Waals surface area contributed by atoms with Gasteiger partial charge in [-0.3, -0.25) is 4.79 Å². The number of fused-ring (bicyclic) bond motifs is 1. The second-order valence-electron chi connectivity index (χ2n) is 6.29. The Morgan fingerprint density at radius 3 is 2.41 bits per heavy atom. The van der Waals surface area contributed by atoms with Crippen molar-refractivity contribution in [3.05, 3.63) is 98.7 Å². The highest BCUT2D eigenvalue weighted by Gasteiger charge is 2.36. The predicted molar refractivity (Wildman–Crippen MR) is 114 cm³/mol. The van der Waals surface area contributed by atoms with E-state index < -0.39 is 26.3 Å². The summed E-state index contributed by atoms with van der Waals surface area (Å²) in [5.74, 6) is -1.25. The number of rotatable bonds is 3. The standard InChI is InChI=1S/C21H12BrClFNO3S/c22-14-2-1-3-17(10-14)25-12-20(21(26)13-4-6-15(23)7-5-13)29(27,28)19-9-8-16(24)11-18(19)25/h1-12H. The average Bonchev–Trinajstić information content (AvgIpc) is 2.68. The van der Waals surface area contributed by atoms with Gasteiger partial charge >= 0.3 is 0 Å². The van der Waals surface area contributed by atoms with Crippen molar-refractivity contribution >= 4 is 54.5 Å². The summed E-state index contributed by atoms with van der Waals surface area (Å²) < 4.78 is 41.0. The maximum atomic E-state index is 13.9. The van der Waals surface area contributed by atoms with Crippen LogP contribution in [0.1, 0.15) is 10.4 Å². The molecule has 4 nitrogen and oxygen atoms in total. The number of nitrogens with zero attached hydrogens (tertiary/aromatic N) is 1. The van der Waals surface area contributed by atoms with Crippen LogP contribution >= 0.6 is 27.5 Å². The summed E-state index contributed by atoms with van der Waals surface area (Å²) in [5.41, 5.74) is 0.891. The Morgan fingerprint density at radius 2 is 1.72 bits per heavy atom. The van der Waals surface area contributed by atoms with E-state index in [4.69, 9.17) is 11.6 Å². The molecule has 0 spiro atoms. The van der Waals surface area contributed by atoms with Crippen LogP contribution in [0.4, 0.5) is 15.8 Å². The number of Topliss-reactive ketones (excluding diaryl/α,β-unsaturated/α-hetero) is 1. The number of hydrogen-bond acceptors (Lipinski definition) is 4. The summed E-state index contributed by atoms with van der Waals surface area (Å²) in [4.78, 5) is 14.0. The first-order valence-electron chi connectivity index (χ1n) is 8.39. The summed E-state index contributed by atoms with van der Waals surface area (Å²) in [5, 5.41) is 0.429. The van der Waals surface area contributed by atoms with Crippen molar-refractivity contribution < 1.29 is 17.6 Å². The van der Waals surface area contributed by atoms with Crippen molar-refractivity contribution in [2.24, 2.45) is 0 Å². The molecule has 3 aromatic carbocycles. The Kier molecular flexibility index (Phi) is 5.06. The molecule has 0 fully saturated rings. The number of carbonyl (C=O) groups is 1. The lowest BCUT2D eigenvalue weighted by Gasteiger charge is -2.29. The van der Waals surface area contributed by atoms with Crippen LogP contribution in [0.25, 0.3) is 0 Å². The lowest BCUT2D eigenvalue weighted by molar-refractivity contribution is 0.104.